The molecule has 0 saturated heterocycles. The summed E-state index contributed by atoms with van der Waals surface area (Å²) in [6.07, 6.45) is -1.61. The van der Waals surface area contributed by atoms with E-state index >= 15 is 0 Å². The molecule has 1 unspecified atom stereocenters. The number of ether oxygens (including phenoxy) is 1. The lowest BCUT2D eigenvalue weighted by Crippen LogP contribution is -2.16. The second-order valence-electron chi connectivity index (χ2n) is 4.62. The summed E-state index contributed by atoms with van der Waals surface area (Å²) >= 11 is 0. The maximum Gasteiger partial charge on any atom is 0.220 e. The SMILES string of the molecule is NC(=O)CC(O)c1cccc(OCc2ccccc2)c1F. The minimum Gasteiger partial charge on any atom is -0.486 e. The summed E-state index contributed by atoms with van der Waals surface area (Å²) < 4.78 is 19.7. The van der Waals surface area contributed by atoms with Gasteiger partial charge in [-0.3, -0.25) is 4.79 Å². The van der Waals surface area contributed by atoms with E-state index in [0.717, 1.165) is 5.56 Å². The number of aliphatic hydroxyl groups excluding tert-OH is 1. The molecule has 21 heavy (non-hydrogen) atoms. The molecule has 0 spiro atoms. The lowest BCUT2D eigenvalue weighted by atomic mass is 10.1. The van der Waals surface area contributed by atoms with Crippen molar-refractivity contribution < 1.29 is 19.0 Å². The fraction of sp³-hybridized carbons (Fsp3) is 0.188. The van der Waals surface area contributed by atoms with Crippen molar-refractivity contribution in [1.29, 1.82) is 0 Å². The summed E-state index contributed by atoms with van der Waals surface area (Å²) in [5.41, 5.74) is 5.90. The molecule has 0 aliphatic carbocycles. The van der Waals surface area contributed by atoms with Crippen molar-refractivity contribution in [3.8, 4) is 5.75 Å². The van der Waals surface area contributed by atoms with E-state index in [9.17, 15) is 14.3 Å². The molecule has 110 valence electrons. The Morgan fingerprint density at radius 3 is 2.57 bits per heavy atom. The second-order valence-corrected chi connectivity index (χ2v) is 4.62. The van der Waals surface area contributed by atoms with Gasteiger partial charge in [0.05, 0.1) is 12.5 Å². The number of nitrogens with two attached hydrogens (primary N) is 1. The average molecular weight is 289 g/mol. The largest absolute Gasteiger partial charge is 0.486 e. The molecule has 0 aliphatic heterocycles. The first-order valence-corrected chi connectivity index (χ1v) is 6.49. The second kappa shape index (κ2) is 6.85. The van der Waals surface area contributed by atoms with Gasteiger partial charge in [0.2, 0.25) is 5.91 Å². The van der Waals surface area contributed by atoms with Crippen molar-refractivity contribution in [3.63, 3.8) is 0 Å². The van der Waals surface area contributed by atoms with Gasteiger partial charge in [0.1, 0.15) is 6.61 Å². The zero-order chi connectivity index (χ0) is 15.2. The lowest BCUT2D eigenvalue weighted by molar-refractivity contribution is -0.119. The Kier molecular flexibility index (Phi) is 4.90. The van der Waals surface area contributed by atoms with Crippen LogP contribution in [0.25, 0.3) is 0 Å². The van der Waals surface area contributed by atoms with Gasteiger partial charge in [0.25, 0.3) is 0 Å². The van der Waals surface area contributed by atoms with Gasteiger partial charge in [-0.25, -0.2) is 4.39 Å². The molecule has 0 aromatic heterocycles. The van der Waals surface area contributed by atoms with Crippen LogP contribution in [0.4, 0.5) is 4.39 Å². The van der Waals surface area contributed by atoms with Gasteiger partial charge in [-0.1, -0.05) is 42.5 Å². The van der Waals surface area contributed by atoms with Crippen LogP contribution in [0.15, 0.2) is 48.5 Å². The molecule has 2 aromatic rings. The molecule has 0 fully saturated rings. The third-order valence-electron chi connectivity index (χ3n) is 2.98. The molecule has 0 aliphatic rings. The third kappa shape index (κ3) is 4.03. The van der Waals surface area contributed by atoms with Gasteiger partial charge < -0.3 is 15.6 Å². The van der Waals surface area contributed by atoms with E-state index in [-0.39, 0.29) is 24.3 Å². The number of primary amides is 1. The number of aliphatic hydroxyl groups is 1. The Labute approximate surface area is 122 Å². The number of halogens is 1. The highest BCUT2D eigenvalue weighted by Gasteiger charge is 2.18. The first-order chi connectivity index (χ1) is 10.1. The Hall–Kier alpha value is -2.40. The number of carbonyl (C=O) groups is 1. The van der Waals surface area contributed by atoms with Crippen LogP contribution >= 0.6 is 0 Å². The van der Waals surface area contributed by atoms with E-state index in [1.54, 1.807) is 6.07 Å². The Balaban J connectivity index is 2.12. The van der Waals surface area contributed by atoms with E-state index in [0.29, 0.717) is 0 Å². The molecule has 4 nitrogen and oxygen atoms in total. The number of rotatable bonds is 6. The van der Waals surface area contributed by atoms with Crippen molar-refractivity contribution in [2.75, 3.05) is 0 Å². The highest BCUT2D eigenvalue weighted by Crippen LogP contribution is 2.27. The van der Waals surface area contributed by atoms with Gasteiger partial charge in [-0.2, -0.15) is 0 Å². The van der Waals surface area contributed by atoms with E-state index in [1.165, 1.54) is 12.1 Å². The van der Waals surface area contributed by atoms with Crippen LogP contribution in [-0.4, -0.2) is 11.0 Å². The van der Waals surface area contributed by atoms with Crippen LogP contribution in [0.2, 0.25) is 0 Å². The smallest absolute Gasteiger partial charge is 0.220 e. The van der Waals surface area contributed by atoms with Crippen LogP contribution in [0.3, 0.4) is 0 Å². The van der Waals surface area contributed by atoms with Crippen LogP contribution in [0, 0.1) is 5.82 Å². The zero-order valence-corrected chi connectivity index (χ0v) is 11.3. The predicted octanol–water partition coefficient (Wildman–Crippen LogP) is 2.31. The van der Waals surface area contributed by atoms with Crippen molar-refractivity contribution in [2.45, 2.75) is 19.1 Å². The minimum absolute atomic E-state index is 0.000591. The first-order valence-electron chi connectivity index (χ1n) is 6.49. The Morgan fingerprint density at radius 1 is 1.19 bits per heavy atom. The molecule has 0 heterocycles. The molecule has 0 bridgehead atoms. The van der Waals surface area contributed by atoms with Gasteiger partial charge >= 0.3 is 0 Å². The summed E-state index contributed by atoms with van der Waals surface area (Å²) in [5.74, 6) is -1.35. The fourth-order valence-electron chi connectivity index (χ4n) is 1.93. The van der Waals surface area contributed by atoms with Crippen molar-refractivity contribution in [3.05, 3.63) is 65.5 Å². The van der Waals surface area contributed by atoms with Crippen LogP contribution in [0.5, 0.6) is 5.75 Å². The van der Waals surface area contributed by atoms with Gasteiger partial charge in [-0.15, -0.1) is 0 Å². The molecular weight excluding hydrogens is 273 g/mol. The highest BCUT2D eigenvalue weighted by molar-refractivity contribution is 5.74. The quantitative estimate of drug-likeness (QED) is 0.857. The van der Waals surface area contributed by atoms with Crippen molar-refractivity contribution in [1.82, 2.24) is 0 Å². The summed E-state index contributed by atoms with van der Waals surface area (Å²) in [6, 6.07) is 13.8. The first kappa shape index (κ1) is 15.0. The zero-order valence-electron chi connectivity index (χ0n) is 11.3. The van der Waals surface area contributed by atoms with Crippen LogP contribution < -0.4 is 10.5 Å². The molecule has 1 atom stereocenters. The molecule has 5 heteroatoms. The molecule has 3 N–H and O–H groups in total. The monoisotopic (exact) mass is 289 g/mol. The Morgan fingerprint density at radius 2 is 1.90 bits per heavy atom. The molecule has 0 saturated carbocycles. The molecular formula is C16H16FNO3. The summed E-state index contributed by atoms with van der Waals surface area (Å²) in [4.78, 5) is 10.8. The summed E-state index contributed by atoms with van der Waals surface area (Å²) in [6.45, 7) is 0.215. The van der Waals surface area contributed by atoms with Crippen molar-refractivity contribution >= 4 is 5.91 Å². The van der Waals surface area contributed by atoms with E-state index < -0.39 is 17.8 Å². The number of hydrogen-bond acceptors (Lipinski definition) is 3. The van der Waals surface area contributed by atoms with Gasteiger partial charge in [-0.05, 0) is 11.6 Å². The molecule has 2 aromatic carbocycles. The fourth-order valence-corrected chi connectivity index (χ4v) is 1.93. The number of benzene rings is 2. The van der Waals surface area contributed by atoms with Gasteiger partial charge in [0.15, 0.2) is 11.6 Å². The lowest BCUT2D eigenvalue weighted by Gasteiger charge is -2.13. The van der Waals surface area contributed by atoms with Crippen molar-refractivity contribution in [2.24, 2.45) is 5.73 Å². The van der Waals surface area contributed by atoms with E-state index in [1.807, 2.05) is 30.3 Å². The summed E-state index contributed by atoms with van der Waals surface area (Å²) in [5, 5.41) is 9.79. The standard InChI is InChI=1S/C16H16FNO3/c17-16-12(13(19)9-15(18)20)7-4-8-14(16)21-10-11-5-2-1-3-6-11/h1-8,13,19H,9-10H2,(H2,18,20). The number of hydrogen-bond donors (Lipinski definition) is 2. The molecule has 1 amide bonds. The normalized spacial score (nSPS) is 11.9. The van der Waals surface area contributed by atoms with Crippen LogP contribution in [0.1, 0.15) is 23.7 Å². The third-order valence-corrected chi connectivity index (χ3v) is 2.98. The highest BCUT2D eigenvalue weighted by atomic mass is 19.1. The number of amides is 1. The maximum atomic E-state index is 14.2. The number of carbonyl (C=O) groups excluding carboxylic acids is 1. The maximum absolute atomic E-state index is 14.2. The summed E-state index contributed by atoms with van der Waals surface area (Å²) in [7, 11) is 0. The Bertz CT molecular complexity index is 616. The van der Waals surface area contributed by atoms with Gasteiger partial charge in [0, 0.05) is 5.56 Å². The molecule has 2 rings (SSSR count). The predicted molar refractivity (Wildman–Crippen MR) is 75.9 cm³/mol. The molecule has 0 radical (unpaired) electrons. The topological polar surface area (TPSA) is 72.6 Å². The van der Waals surface area contributed by atoms with E-state index in [4.69, 9.17) is 10.5 Å². The average Bonchev–Trinajstić information content (AvgIpc) is 2.46. The van der Waals surface area contributed by atoms with E-state index in [2.05, 4.69) is 0 Å². The van der Waals surface area contributed by atoms with Crippen LogP contribution in [-0.2, 0) is 11.4 Å². The minimum atomic E-state index is -1.28.